The quantitative estimate of drug-likeness (QED) is 0.777. The lowest BCUT2D eigenvalue weighted by Gasteiger charge is -2.05. The van der Waals surface area contributed by atoms with E-state index in [9.17, 15) is 8.78 Å². The van der Waals surface area contributed by atoms with Crippen LogP contribution in [0.5, 0.6) is 0 Å². The van der Waals surface area contributed by atoms with Crippen LogP contribution in [0.25, 0.3) is 11.1 Å². The highest BCUT2D eigenvalue weighted by atomic mass is 35.5. The predicted octanol–water partition coefficient (Wildman–Crippen LogP) is 3.26. The fourth-order valence-corrected chi connectivity index (χ4v) is 1.44. The van der Waals surface area contributed by atoms with Crippen molar-refractivity contribution in [3.05, 3.63) is 47.2 Å². The van der Waals surface area contributed by atoms with Crippen molar-refractivity contribution < 1.29 is 8.78 Å². The van der Waals surface area contributed by atoms with E-state index in [1.807, 2.05) is 0 Å². The van der Waals surface area contributed by atoms with E-state index in [1.165, 1.54) is 24.4 Å². The third-order valence-electron chi connectivity index (χ3n) is 2.13. The Morgan fingerprint density at radius 2 is 2.00 bits per heavy atom. The second kappa shape index (κ2) is 4.06. The van der Waals surface area contributed by atoms with Gasteiger partial charge in [-0.1, -0.05) is 23.7 Å². The second-order valence-electron chi connectivity index (χ2n) is 3.21. The summed E-state index contributed by atoms with van der Waals surface area (Å²) in [7, 11) is 0. The average Bonchev–Trinajstić information content (AvgIpc) is 2.26. The van der Waals surface area contributed by atoms with Gasteiger partial charge in [-0.05, 0) is 12.1 Å². The summed E-state index contributed by atoms with van der Waals surface area (Å²) in [5, 5.41) is 0.139. The SMILES string of the molecule is Nc1cc(-c2cccc(F)c2F)cnc1Cl. The van der Waals surface area contributed by atoms with E-state index in [4.69, 9.17) is 17.3 Å². The number of nitrogens with zero attached hydrogens (tertiary/aromatic N) is 1. The third kappa shape index (κ3) is 1.84. The van der Waals surface area contributed by atoms with Crippen molar-refractivity contribution in [2.75, 3.05) is 5.73 Å². The second-order valence-corrected chi connectivity index (χ2v) is 3.56. The van der Waals surface area contributed by atoms with Gasteiger partial charge in [-0.2, -0.15) is 0 Å². The molecular formula is C11H7ClF2N2. The minimum atomic E-state index is -0.925. The summed E-state index contributed by atoms with van der Waals surface area (Å²) in [6.07, 6.45) is 1.34. The van der Waals surface area contributed by atoms with E-state index in [2.05, 4.69) is 4.98 Å². The van der Waals surface area contributed by atoms with Crippen molar-refractivity contribution in [3.63, 3.8) is 0 Å². The van der Waals surface area contributed by atoms with Gasteiger partial charge in [-0.15, -0.1) is 0 Å². The van der Waals surface area contributed by atoms with E-state index in [-0.39, 0.29) is 16.4 Å². The van der Waals surface area contributed by atoms with Crippen LogP contribution in [0.1, 0.15) is 0 Å². The minimum Gasteiger partial charge on any atom is -0.396 e. The maximum Gasteiger partial charge on any atom is 0.166 e. The number of hydrogen-bond acceptors (Lipinski definition) is 2. The molecule has 0 unspecified atom stereocenters. The van der Waals surface area contributed by atoms with Gasteiger partial charge < -0.3 is 5.73 Å². The number of pyridine rings is 1. The van der Waals surface area contributed by atoms with Gasteiger partial charge in [0.1, 0.15) is 0 Å². The Morgan fingerprint density at radius 3 is 2.69 bits per heavy atom. The number of aromatic nitrogens is 1. The Bertz CT molecular complexity index is 544. The Kier molecular flexibility index (Phi) is 2.75. The zero-order chi connectivity index (χ0) is 11.7. The van der Waals surface area contributed by atoms with Crippen molar-refractivity contribution in [2.24, 2.45) is 0 Å². The standard InChI is InChI=1S/C11H7ClF2N2/c12-11-9(15)4-6(5-16-11)7-2-1-3-8(13)10(7)14/h1-5H,15H2. The van der Waals surface area contributed by atoms with E-state index in [0.29, 0.717) is 5.56 Å². The highest BCUT2D eigenvalue weighted by Crippen LogP contribution is 2.27. The van der Waals surface area contributed by atoms with Crippen molar-refractivity contribution in [3.8, 4) is 11.1 Å². The van der Waals surface area contributed by atoms with Crippen LogP contribution >= 0.6 is 11.6 Å². The molecule has 2 N–H and O–H groups in total. The first-order valence-corrected chi connectivity index (χ1v) is 4.83. The smallest absolute Gasteiger partial charge is 0.166 e. The fourth-order valence-electron chi connectivity index (χ4n) is 1.34. The molecule has 0 aliphatic carbocycles. The largest absolute Gasteiger partial charge is 0.396 e. The van der Waals surface area contributed by atoms with Crippen molar-refractivity contribution in [1.29, 1.82) is 0 Å². The number of benzene rings is 1. The van der Waals surface area contributed by atoms with Crippen molar-refractivity contribution in [1.82, 2.24) is 4.98 Å². The number of nitrogens with two attached hydrogens (primary N) is 1. The maximum atomic E-state index is 13.4. The molecule has 0 fully saturated rings. The van der Waals surface area contributed by atoms with Gasteiger partial charge in [0.2, 0.25) is 0 Å². The lowest BCUT2D eigenvalue weighted by molar-refractivity contribution is 0.511. The molecule has 1 aromatic heterocycles. The molecule has 2 rings (SSSR count). The van der Waals surface area contributed by atoms with Crippen LogP contribution in [-0.2, 0) is 0 Å². The van der Waals surface area contributed by atoms with Crippen LogP contribution in [0.15, 0.2) is 30.5 Å². The molecule has 1 aromatic carbocycles. The summed E-state index contributed by atoms with van der Waals surface area (Å²) in [5.41, 5.74) is 6.26. The summed E-state index contributed by atoms with van der Waals surface area (Å²) in [4.78, 5) is 3.78. The first kappa shape index (κ1) is 10.8. The van der Waals surface area contributed by atoms with Crippen LogP contribution in [0.3, 0.4) is 0 Å². The van der Waals surface area contributed by atoms with Crippen LogP contribution in [0.4, 0.5) is 14.5 Å². The summed E-state index contributed by atoms with van der Waals surface area (Å²) in [6.45, 7) is 0. The molecule has 0 bridgehead atoms. The predicted molar refractivity (Wildman–Crippen MR) is 59.0 cm³/mol. The highest BCUT2D eigenvalue weighted by molar-refractivity contribution is 6.31. The van der Waals surface area contributed by atoms with Gasteiger partial charge >= 0.3 is 0 Å². The molecule has 0 aliphatic heterocycles. The molecule has 2 aromatic rings. The number of hydrogen-bond donors (Lipinski definition) is 1. The van der Waals surface area contributed by atoms with Crippen LogP contribution < -0.4 is 5.73 Å². The first-order valence-electron chi connectivity index (χ1n) is 4.45. The average molecular weight is 241 g/mol. The third-order valence-corrected chi connectivity index (χ3v) is 2.44. The Balaban J connectivity index is 2.59. The minimum absolute atomic E-state index is 0.107. The Labute approximate surface area is 95.7 Å². The van der Waals surface area contributed by atoms with E-state index >= 15 is 0 Å². The van der Waals surface area contributed by atoms with Gasteiger partial charge in [-0.25, -0.2) is 13.8 Å². The molecule has 2 nitrogen and oxygen atoms in total. The molecule has 0 radical (unpaired) electrons. The summed E-state index contributed by atoms with van der Waals surface area (Å²) >= 11 is 5.64. The topological polar surface area (TPSA) is 38.9 Å². The van der Waals surface area contributed by atoms with Crippen molar-refractivity contribution in [2.45, 2.75) is 0 Å². The first-order chi connectivity index (χ1) is 7.59. The van der Waals surface area contributed by atoms with Crippen molar-refractivity contribution >= 4 is 17.3 Å². The van der Waals surface area contributed by atoms with Gasteiger partial charge in [-0.3, -0.25) is 0 Å². The Hall–Kier alpha value is -1.68. The molecule has 0 amide bonds. The summed E-state index contributed by atoms with van der Waals surface area (Å²) in [6, 6.07) is 5.36. The highest BCUT2D eigenvalue weighted by Gasteiger charge is 2.10. The molecule has 16 heavy (non-hydrogen) atoms. The van der Waals surface area contributed by atoms with E-state index in [0.717, 1.165) is 6.07 Å². The van der Waals surface area contributed by atoms with Gasteiger partial charge in [0.15, 0.2) is 16.8 Å². The molecule has 0 saturated carbocycles. The number of nitrogen functional groups attached to an aromatic ring is 1. The number of halogens is 3. The van der Waals surface area contributed by atoms with Crippen LogP contribution in [-0.4, -0.2) is 4.98 Å². The lowest BCUT2D eigenvalue weighted by Crippen LogP contribution is -1.93. The van der Waals surface area contributed by atoms with Gasteiger partial charge in [0.05, 0.1) is 5.69 Å². The molecule has 5 heteroatoms. The molecule has 0 atom stereocenters. The van der Waals surface area contributed by atoms with E-state index in [1.54, 1.807) is 0 Å². The molecule has 0 spiro atoms. The molecular weight excluding hydrogens is 234 g/mol. The zero-order valence-corrected chi connectivity index (χ0v) is 8.80. The molecule has 0 aliphatic rings. The van der Waals surface area contributed by atoms with Gasteiger partial charge in [0, 0.05) is 17.3 Å². The van der Waals surface area contributed by atoms with Crippen LogP contribution in [0, 0.1) is 11.6 Å². The summed E-state index contributed by atoms with van der Waals surface area (Å²) in [5.74, 6) is -1.84. The molecule has 82 valence electrons. The normalized spacial score (nSPS) is 10.4. The number of anilines is 1. The van der Waals surface area contributed by atoms with E-state index < -0.39 is 11.6 Å². The molecule has 0 saturated heterocycles. The monoisotopic (exact) mass is 240 g/mol. The Morgan fingerprint density at radius 1 is 1.25 bits per heavy atom. The lowest BCUT2D eigenvalue weighted by atomic mass is 10.1. The fraction of sp³-hybridized carbons (Fsp3) is 0. The zero-order valence-electron chi connectivity index (χ0n) is 8.05. The number of rotatable bonds is 1. The maximum absolute atomic E-state index is 13.4. The molecule has 1 heterocycles. The van der Waals surface area contributed by atoms with Crippen LogP contribution in [0.2, 0.25) is 5.15 Å². The summed E-state index contributed by atoms with van der Waals surface area (Å²) < 4.78 is 26.4. The van der Waals surface area contributed by atoms with Gasteiger partial charge in [0.25, 0.3) is 0 Å².